The highest BCUT2D eigenvalue weighted by Crippen LogP contribution is 2.22. The Bertz CT molecular complexity index is 1260. The summed E-state index contributed by atoms with van der Waals surface area (Å²) in [7, 11) is 1.52. The van der Waals surface area contributed by atoms with Crippen LogP contribution in [0.3, 0.4) is 0 Å². The molecule has 2 amide bonds. The molecular formula is C24H21N3O8. The van der Waals surface area contributed by atoms with Gasteiger partial charge in [-0.05, 0) is 48.5 Å². The van der Waals surface area contributed by atoms with E-state index >= 15 is 0 Å². The second kappa shape index (κ2) is 11.3. The van der Waals surface area contributed by atoms with E-state index in [1.807, 2.05) is 0 Å². The number of nitro groups is 1. The fourth-order valence-electron chi connectivity index (χ4n) is 2.97. The van der Waals surface area contributed by atoms with Crippen molar-refractivity contribution >= 4 is 29.2 Å². The Morgan fingerprint density at radius 2 is 1.69 bits per heavy atom. The molecular weight excluding hydrogens is 458 g/mol. The second-order valence-corrected chi connectivity index (χ2v) is 7.13. The summed E-state index contributed by atoms with van der Waals surface area (Å²) < 4.78 is 15.7. The van der Waals surface area contributed by atoms with Gasteiger partial charge in [-0.2, -0.15) is 0 Å². The molecule has 0 atom stereocenters. The molecule has 0 spiro atoms. The number of anilines is 1. The topological polar surface area (TPSA) is 160 Å². The number of primary amides is 1. The first-order valence-corrected chi connectivity index (χ1v) is 10.2. The van der Waals surface area contributed by atoms with Gasteiger partial charge in [0.2, 0.25) is 5.91 Å². The lowest BCUT2D eigenvalue weighted by molar-refractivity contribution is -0.385. The molecule has 0 aliphatic rings. The van der Waals surface area contributed by atoms with Crippen molar-refractivity contribution in [2.45, 2.75) is 6.61 Å². The van der Waals surface area contributed by atoms with Crippen LogP contribution in [0.15, 0.2) is 66.7 Å². The minimum atomic E-state index is -0.809. The standard InChI is InChI=1S/C24H21N3O8/c1-33-20-4-2-3-18(12-20)26-22(28)14-34-19-9-7-15(8-10-19)24(30)35-13-17-6-5-16(23(25)29)11-21(17)27(31)32/h2-12H,13-14H2,1H3,(H2,25,29)(H,26,28). The number of carbonyl (C=O) groups is 3. The molecule has 3 N–H and O–H groups in total. The average molecular weight is 479 g/mol. The number of methoxy groups -OCH3 is 1. The number of rotatable bonds is 10. The third kappa shape index (κ3) is 6.78. The maximum Gasteiger partial charge on any atom is 0.338 e. The second-order valence-electron chi connectivity index (χ2n) is 7.13. The van der Waals surface area contributed by atoms with Crippen molar-refractivity contribution in [2.75, 3.05) is 19.0 Å². The average Bonchev–Trinajstić information content (AvgIpc) is 2.86. The number of esters is 1. The molecule has 0 aliphatic carbocycles. The van der Waals surface area contributed by atoms with Crippen LogP contribution in [0, 0.1) is 10.1 Å². The number of amides is 2. The number of hydrogen-bond donors (Lipinski definition) is 2. The maximum absolute atomic E-state index is 12.3. The molecule has 0 saturated heterocycles. The van der Waals surface area contributed by atoms with Crippen molar-refractivity contribution in [3.8, 4) is 11.5 Å². The lowest BCUT2D eigenvalue weighted by Crippen LogP contribution is -2.20. The fourth-order valence-corrected chi connectivity index (χ4v) is 2.97. The van der Waals surface area contributed by atoms with Gasteiger partial charge in [-0.1, -0.05) is 6.07 Å². The number of nitrogens with two attached hydrogens (primary N) is 1. The molecule has 0 saturated carbocycles. The van der Waals surface area contributed by atoms with Crippen molar-refractivity contribution < 1.29 is 33.5 Å². The Balaban J connectivity index is 1.54. The first-order chi connectivity index (χ1) is 16.8. The molecule has 180 valence electrons. The zero-order valence-electron chi connectivity index (χ0n) is 18.6. The Morgan fingerprint density at radius 3 is 2.34 bits per heavy atom. The normalized spacial score (nSPS) is 10.2. The SMILES string of the molecule is COc1cccc(NC(=O)COc2ccc(C(=O)OCc3ccc(C(N)=O)cc3[N+](=O)[O-])cc2)c1. The molecule has 3 aromatic carbocycles. The van der Waals surface area contributed by atoms with Gasteiger partial charge in [0.15, 0.2) is 6.61 Å². The predicted molar refractivity (Wildman–Crippen MR) is 124 cm³/mol. The van der Waals surface area contributed by atoms with Crippen molar-refractivity contribution in [1.29, 1.82) is 0 Å². The summed E-state index contributed by atoms with van der Waals surface area (Å²) in [5.74, 6) is -0.966. The quantitative estimate of drug-likeness (QED) is 0.255. The highest BCUT2D eigenvalue weighted by Gasteiger charge is 2.18. The van der Waals surface area contributed by atoms with Crippen LogP contribution in [0.5, 0.6) is 11.5 Å². The zero-order chi connectivity index (χ0) is 25.4. The van der Waals surface area contributed by atoms with E-state index in [-0.39, 0.29) is 41.5 Å². The van der Waals surface area contributed by atoms with Crippen molar-refractivity contribution in [1.82, 2.24) is 0 Å². The van der Waals surface area contributed by atoms with E-state index in [4.69, 9.17) is 19.9 Å². The highest BCUT2D eigenvalue weighted by molar-refractivity contribution is 5.94. The molecule has 0 heterocycles. The fraction of sp³-hybridized carbons (Fsp3) is 0.125. The highest BCUT2D eigenvalue weighted by atomic mass is 16.6. The number of hydrogen-bond acceptors (Lipinski definition) is 8. The van der Waals surface area contributed by atoms with Gasteiger partial charge in [0, 0.05) is 23.4 Å². The summed E-state index contributed by atoms with van der Waals surface area (Å²) in [6.45, 7) is -0.636. The number of nitrogens with one attached hydrogen (secondary N) is 1. The van der Waals surface area contributed by atoms with E-state index in [2.05, 4.69) is 5.32 Å². The van der Waals surface area contributed by atoms with E-state index in [0.717, 1.165) is 6.07 Å². The van der Waals surface area contributed by atoms with Gasteiger partial charge < -0.3 is 25.3 Å². The first kappa shape index (κ1) is 24.7. The molecule has 3 aromatic rings. The Morgan fingerprint density at radius 1 is 0.971 bits per heavy atom. The number of nitro benzene ring substituents is 1. The summed E-state index contributed by atoms with van der Waals surface area (Å²) in [5.41, 5.74) is 5.57. The summed E-state index contributed by atoms with van der Waals surface area (Å²) in [6.07, 6.45) is 0. The summed E-state index contributed by atoms with van der Waals surface area (Å²) in [6, 6.07) is 16.3. The smallest absolute Gasteiger partial charge is 0.338 e. The number of benzene rings is 3. The third-order valence-corrected chi connectivity index (χ3v) is 4.74. The molecule has 0 aliphatic heterocycles. The van der Waals surface area contributed by atoms with Crippen LogP contribution < -0.4 is 20.5 Å². The van der Waals surface area contributed by atoms with Gasteiger partial charge >= 0.3 is 5.97 Å². The van der Waals surface area contributed by atoms with E-state index < -0.39 is 16.8 Å². The molecule has 0 fully saturated rings. The first-order valence-electron chi connectivity index (χ1n) is 10.2. The molecule has 3 rings (SSSR count). The monoisotopic (exact) mass is 479 g/mol. The number of ether oxygens (including phenoxy) is 3. The van der Waals surface area contributed by atoms with Crippen LogP contribution in [0.2, 0.25) is 0 Å². The molecule has 35 heavy (non-hydrogen) atoms. The van der Waals surface area contributed by atoms with Crippen LogP contribution in [0.4, 0.5) is 11.4 Å². The lowest BCUT2D eigenvalue weighted by Gasteiger charge is -2.09. The Labute approximate surface area is 199 Å². The molecule has 0 bridgehead atoms. The Hall–Kier alpha value is -4.93. The van der Waals surface area contributed by atoms with E-state index in [9.17, 15) is 24.5 Å². The largest absolute Gasteiger partial charge is 0.497 e. The van der Waals surface area contributed by atoms with E-state index in [1.54, 1.807) is 24.3 Å². The molecule has 11 nitrogen and oxygen atoms in total. The summed E-state index contributed by atoms with van der Waals surface area (Å²) >= 11 is 0. The Kier molecular flexibility index (Phi) is 7.96. The van der Waals surface area contributed by atoms with Crippen LogP contribution in [0.1, 0.15) is 26.3 Å². The van der Waals surface area contributed by atoms with Crippen LogP contribution in [0.25, 0.3) is 0 Å². The van der Waals surface area contributed by atoms with Gasteiger partial charge in [-0.15, -0.1) is 0 Å². The zero-order valence-corrected chi connectivity index (χ0v) is 18.6. The van der Waals surface area contributed by atoms with Crippen molar-refractivity contribution in [2.24, 2.45) is 5.73 Å². The van der Waals surface area contributed by atoms with Gasteiger partial charge in [0.1, 0.15) is 18.1 Å². The molecule has 11 heteroatoms. The van der Waals surface area contributed by atoms with Crippen LogP contribution in [-0.4, -0.2) is 36.4 Å². The minimum absolute atomic E-state index is 0.0282. The van der Waals surface area contributed by atoms with E-state index in [0.29, 0.717) is 17.2 Å². The van der Waals surface area contributed by atoms with Gasteiger partial charge in [-0.3, -0.25) is 19.7 Å². The molecule has 0 unspecified atom stereocenters. The predicted octanol–water partition coefficient (Wildman–Crippen LogP) is 3.08. The van der Waals surface area contributed by atoms with Gasteiger partial charge in [-0.25, -0.2) is 4.79 Å². The van der Waals surface area contributed by atoms with Gasteiger partial charge in [0.25, 0.3) is 11.6 Å². The van der Waals surface area contributed by atoms with Crippen LogP contribution in [-0.2, 0) is 16.1 Å². The van der Waals surface area contributed by atoms with Gasteiger partial charge in [0.05, 0.1) is 23.2 Å². The molecule has 0 radical (unpaired) electrons. The minimum Gasteiger partial charge on any atom is -0.497 e. The molecule has 0 aromatic heterocycles. The summed E-state index contributed by atoms with van der Waals surface area (Å²) in [4.78, 5) is 46.2. The summed E-state index contributed by atoms with van der Waals surface area (Å²) in [5, 5.41) is 13.9. The third-order valence-electron chi connectivity index (χ3n) is 4.74. The van der Waals surface area contributed by atoms with Crippen LogP contribution >= 0.6 is 0 Å². The number of nitrogens with zero attached hydrogens (tertiary/aromatic N) is 1. The lowest BCUT2D eigenvalue weighted by atomic mass is 10.1. The maximum atomic E-state index is 12.3. The number of carbonyl (C=O) groups excluding carboxylic acids is 3. The van der Waals surface area contributed by atoms with Crippen molar-refractivity contribution in [3.63, 3.8) is 0 Å². The van der Waals surface area contributed by atoms with Crippen molar-refractivity contribution in [3.05, 3.63) is 93.5 Å². The van der Waals surface area contributed by atoms with E-state index in [1.165, 1.54) is 43.5 Å².